The van der Waals surface area contributed by atoms with E-state index in [4.69, 9.17) is 16.3 Å². The molecule has 4 rings (SSSR count). The number of rotatable bonds is 4. The predicted octanol–water partition coefficient (Wildman–Crippen LogP) is 3.33. The molecule has 0 aliphatic carbocycles. The van der Waals surface area contributed by atoms with Crippen LogP contribution in [-0.4, -0.2) is 46.5 Å². The third kappa shape index (κ3) is 3.54. The Balaban J connectivity index is 1.34. The Morgan fingerprint density at radius 3 is 3.04 bits per heavy atom. The molecule has 26 heavy (non-hydrogen) atoms. The second-order valence-electron chi connectivity index (χ2n) is 6.17. The number of aryl methyl sites for hydroxylation is 1. The van der Waals surface area contributed by atoms with Gasteiger partial charge in [-0.2, -0.15) is 0 Å². The summed E-state index contributed by atoms with van der Waals surface area (Å²) >= 11 is 8.66. The first-order valence-corrected chi connectivity index (χ1v) is 10.2. The van der Waals surface area contributed by atoms with E-state index in [0.717, 1.165) is 22.7 Å². The van der Waals surface area contributed by atoms with Gasteiger partial charge >= 0.3 is 6.09 Å². The van der Waals surface area contributed by atoms with Crippen LogP contribution in [0.2, 0.25) is 4.34 Å². The van der Waals surface area contributed by atoms with Crippen LogP contribution in [-0.2, 0) is 11.2 Å². The molecule has 2 aromatic rings. The second kappa shape index (κ2) is 7.09. The van der Waals surface area contributed by atoms with E-state index in [0.29, 0.717) is 15.8 Å². The monoisotopic (exact) mass is 409 g/mol. The lowest BCUT2D eigenvalue weighted by Crippen LogP contribution is -2.37. The van der Waals surface area contributed by atoms with Gasteiger partial charge in [0.15, 0.2) is 0 Å². The second-order valence-corrected chi connectivity index (χ2v) is 9.05. The average molecular weight is 410 g/mol. The zero-order chi connectivity index (χ0) is 18.3. The molecule has 0 radical (unpaired) electrons. The molecule has 9 heteroatoms. The molecule has 1 unspecified atom stereocenters. The molecule has 1 N–H and O–H groups in total. The summed E-state index contributed by atoms with van der Waals surface area (Å²) in [5.74, 6) is -0.210. The molecule has 2 atom stereocenters. The summed E-state index contributed by atoms with van der Waals surface area (Å²) in [6.45, 7) is 2.69. The normalized spacial score (nSPS) is 21.6. The molecule has 0 spiro atoms. The summed E-state index contributed by atoms with van der Waals surface area (Å²) in [5.41, 5.74) is 2.12. The molecule has 1 fully saturated rings. The minimum atomic E-state index is -0.360. The van der Waals surface area contributed by atoms with Crippen LogP contribution in [0.4, 0.5) is 4.79 Å². The van der Waals surface area contributed by atoms with Crippen molar-refractivity contribution in [1.82, 2.24) is 15.2 Å². The van der Waals surface area contributed by atoms with Crippen LogP contribution in [0.25, 0.3) is 0 Å². The number of cyclic esters (lactones) is 1. The largest absolute Gasteiger partial charge is 0.442 e. The molecular weight excluding hydrogens is 394 g/mol. The highest BCUT2D eigenvalue weighted by atomic mass is 35.5. The molecule has 6 nitrogen and oxygen atoms in total. The Bertz CT molecular complexity index is 873. The van der Waals surface area contributed by atoms with Crippen molar-refractivity contribution in [2.75, 3.05) is 13.1 Å². The summed E-state index contributed by atoms with van der Waals surface area (Å²) < 4.78 is 5.98. The van der Waals surface area contributed by atoms with Gasteiger partial charge in [-0.3, -0.25) is 9.69 Å². The minimum absolute atomic E-state index is 0.0106. The topological polar surface area (TPSA) is 71.5 Å². The summed E-state index contributed by atoms with van der Waals surface area (Å²) in [5, 5.41) is 3.77. The number of thioether (sulfide) groups is 1. The van der Waals surface area contributed by atoms with E-state index in [1.165, 1.54) is 11.3 Å². The number of hydrogen-bond donors (Lipinski definition) is 1. The van der Waals surface area contributed by atoms with Gasteiger partial charge in [0.1, 0.15) is 11.1 Å². The van der Waals surface area contributed by atoms with Gasteiger partial charge in [-0.1, -0.05) is 29.4 Å². The first-order chi connectivity index (χ1) is 12.5. The van der Waals surface area contributed by atoms with Crippen molar-refractivity contribution in [3.8, 4) is 0 Å². The molecule has 2 aromatic heterocycles. The summed E-state index contributed by atoms with van der Waals surface area (Å²) in [7, 11) is 0. The van der Waals surface area contributed by atoms with Crippen molar-refractivity contribution in [1.29, 1.82) is 0 Å². The SMILES string of the molecule is Cc1ccc2c(n1)SC(N1C[C@H](CNC(=O)c3ccc(Cl)s3)OC1=O)C2. The fourth-order valence-corrected chi connectivity index (χ4v) is 5.24. The maximum atomic E-state index is 12.2. The van der Waals surface area contributed by atoms with Gasteiger partial charge in [0, 0.05) is 12.1 Å². The highest BCUT2D eigenvalue weighted by molar-refractivity contribution is 8.00. The number of carbonyl (C=O) groups is 2. The lowest BCUT2D eigenvalue weighted by molar-refractivity contribution is 0.0918. The number of nitrogens with one attached hydrogen (secondary N) is 1. The van der Waals surface area contributed by atoms with Crippen molar-refractivity contribution >= 4 is 46.7 Å². The average Bonchev–Trinajstić information content (AvgIpc) is 3.30. The number of nitrogens with zero attached hydrogens (tertiary/aromatic N) is 2. The lowest BCUT2D eigenvalue weighted by Gasteiger charge is -2.19. The first-order valence-electron chi connectivity index (χ1n) is 8.13. The van der Waals surface area contributed by atoms with Crippen molar-refractivity contribution in [3.63, 3.8) is 0 Å². The van der Waals surface area contributed by atoms with Crippen LogP contribution in [0, 0.1) is 6.92 Å². The summed E-state index contributed by atoms with van der Waals surface area (Å²) in [6.07, 6.45) is 0.0566. The standard InChI is InChI=1S/C17H16ClN3O3S2/c1-9-2-3-10-6-14(26-16(10)20-9)21-8-11(24-17(21)23)7-19-15(22)12-4-5-13(18)25-12/h2-5,11,14H,6-8H2,1H3,(H,19,22)/t11-,14?/m0/s1. The summed E-state index contributed by atoms with van der Waals surface area (Å²) in [6, 6.07) is 7.41. The van der Waals surface area contributed by atoms with Gasteiger partial charge in [0.2, 0.25) is 0 Å². The van der Waals surface area contributed by atoms with Gasteiger partial charge < -0.3 is 10.1 Å². The van der Waals surface area contributed by atoms with E-state index in [1.807, 2.05) is 13.0 Å². The third-order valence-electron chi connectivity index (χ3n) is 4.26. The number of amides is 2. The Hall–Kier alpha value is -1.77. The van der Waals surface area contributed by atoms with Gasteiger partial charge in [0.25, 0.3) is 5.91 Å². The smallest absolute Gasteiger partial charge is 0.411 e. The molecule has 1 saturated heterocycles. The highest BCUT2D eigenvalue weighted by Gasteiger charge is 2.39. The third-order valence-corrected chi connectivity index (χ3v) is 6.76. The molecule has 2 aliphatic heterocycles. The van der Waals surface area contributed by atoms with Crippen LogP contribution >= 0.6 is 34.7 Å². The van der Waals surface area contributed by atoms with Crippen molar-refractivity contribution in [2.45, 2.75) is 29.8 Å². The van der Waals surface area contributed by atoms with E-state index in [1.54, 1.807) is 28.8 Å². The van der Waals surface area contributed by atoms with Crippen molar-refractivity contribution in [2.24, 2.45) is 0 Å². The van der Waals surface area contributed by atoms with Gasteiger partial charge in [-0.15, -0.1) is 11.3 Å². The molecule has 0 bridgehead atoms. The molecular formula is C17H16ClN3O3S2. The van der Waals surface area contributed by atoms with Crippen LogP contribution in [0.5, 0.6) is 0 Å². The quantitative estimate of drug-likeness (QED) is 0.838. The number of aromatic nitrogens is 1. The van der Waals surface area contributed by atoms with Crippen LogP contribution in [0.1, 0.15) is 20.9 Å². The van der Waals surface area contributed by atoms with E-state index >= 15 is 0 Å². The Morgan fingerprint density at radius 1 is 1.42 bits per heavy atom. The molecule has 136 valence electrons. The maximum Gasteiger partial charge on any atom is 0.411 e. The molecule has 0 aromatic carbocycles. The van der Waals surface area contributed by atoms with Gasteiger partial charge in [0.05, 0.1) is 27.7 Å². The van der Waals surface area contributed by atoms with Crippen LogP contribution in [0.3, 0.4) is 0 Å². The maximum absolute atomic E-state index is 12.2. The molecule has 2 amide bonds. The Morgan fingerprint density at radius 2 is 2.27 bits per heavy atom. The highest BCUT2D eigenvalue weighted by Crippen LogP contribution is 2.38. The molecule has 2 aliphatic rings. The Kier molecular flexibility index (Phi) is 4.81. The number of hydrogen-bond acceptors (Lipinski definition) is 6. The first kappa shape index (κ1) is 17.6. The predicted molar refractivity (Wildman–Crippen MR) is 101 cm³/mol. The number of fused-ring (bicyclic) bond motifs is 1. The minimum Gasteiger partial charge on any atom is -0.442 e. The van der Waals surface area contributed by atoms with E-state index < -0.39 is 0 Å². The summed E-state index contributed by atoms with van der Waals surface area (Å²) in [4.78, 5) is 31.1. The van der Waals surface area contributed by atoms with Crippen molar-refractivity contribution in [3.05, 3.63) is 44.7 Å². The van der Waals surface area contributed by atoms with E-state index in [2.05, 4.69) is 16.4 Å². The number of ether oxygens (including phenoxy) is 1. The number of carbonyl (C=O) groups excluding carboxylic acids is 2. The zero-order valence-electron chi connectivity index (χ0n) is 13.9. The number of pyridine rings is 1. The van der Waals surface area contributed by atoms with Crippen molar-refractivity contribution < 1.29 is 14.3 Å². The zero-order valence-corrected chi connectivity index (χ0v) is 16.3. The molecule has 0 saturated carbocycles. The fraction of sp³-hybridized carbons (Fsp3) is 0.353. The van der Waals surface area contributed by atoms with Gasteiger partial charge in [-0.25, -0.2) is 9.78 Å². The Labute approximate surface area is 163 Å². The van der Waals surface area contributed by atoms with E-state index in [-0.39, 0.29) is 30.0 Å². The van der Waals surface area contributed by atoms with Crippen LogP contribution < -0.4 is 5.32 Å². The van der Waals surface area contributed by atoms with Crippen LogP contribution in [0.15, 0.2) is 29.3 Å². The number of thiophene rings is 1. The van der Waals surface area contributed by atoms with Gasteiger partial charge in [-0.05, 0) is 30.7 Å². The van der Waals surface area contributed by atoms with E-state index in [9.17, 15) is 9.59 Å². The fourth-order valence-electron chi connectivity index (χ4n) is 2.96. The number of halogens is 1. The molecule has 4 heterocycles. The lowest BCUT2D eigenvalue weighted by atomic mass is 10.2.